The monoisotopic (exact) mass is 319 g/mol. The number of rotatable bonds is 5. The Morgan fingerprint density at radius 3 is 2.43 bits per heavy atom. The van der Waals surface area contributed by atoms with Crippen molar-refractivity contribution in [2.45, 2.75) is 18.9 Å². The van der Waals surface area contributed by atoms with Crippen LogP contribution >= 0.6 is 0 Å². The highest BCUT2D eigenvalue weighted by Crippen LogP contribution is 2.24. The summed E-state index contributed by atoms with van der Waals surface area (Å²) in [5, 5.41) is 9.97. The Morgan fingerprint density at radius 2 is 1.74 bits per heavy atom. The van der Waals surface area contributed by atoms with Gasteiger partial charge in [0.05, 0.1) is 0 Å². The highest BCUT2D eigenvalue weighted by Gasteiger charge is 2.15. The summed E-state index contributed by atoms with van der Waals surface area (Å²) >= 11 is 0. The van der Waals surface area contributed by atoms with Gasteiger partial charge in [0.25, 0.3) is 0 Å². The SMILES string of the molecule is OC(COc1ccc(N2CCCC2)cc1)c1cc(F)ccc1F. The van der Waals surface area contributed by atoms with Crippen LogP contribution in [0.25, 0.3) is 0 Å². The quantitative estimate of drug-likeness (QED) is 0.912. The Kier molecular flexibility index (Phi) is 4.76. The molecule has 0 amide bonds. The van der Waals surface area contributed by atoms with Crippen LogP contribution in [0.3, 0.4) is 0 Å². The summed E-state index contributed by atoms with van der Waals surface area (Å²) in [6, 6.07) is 10.6. The predicted molar refractivity (Wildman–Crippen MR) is 84.7 cm³/mol. The van der Waals surface area contributed by atoms with Crippen LogP contribution in [-0.2, 0) is 0 Å². The first kappa shape index (κ1) is 15.7. The summed E-state index contributed by atoms with van der Waals surface area (Å²) in [5.41, 5.74) is 1.05. The molecule has 5 heteroatoms. The lowest BCUT2D eigenvalue weighted by Gasteiger charge is -2.18. The van der Waals surface area contributed by atoms with Gasteiger partial charge in [-0.25, -0.2) is 8.78 Å². The van der Waals surface area contributed by atoms with Crippen LogP contribution in [-0.4, -0.2) is 24.8 Å². The summed E-state index contributed by atoms with van der Waals surface area (Å²) in [7, 11) is 0. The van der Waals surface area contributed by atoms with E-state index in [9.17, 15) is 13.9 Å². The molecule has 122 valence electrons. The number of hydrogen-bond donors (Lipinski definition) is 1. The number of halogens is 2. The number of hydrogen-bond acceptors (Lipinski definition) is 3. The Bertz CT molecular complexity index is 655. The second-order valence-electron chi connectivity index (χ2n) is 5.68. The number of nitrogens with zero attached hydrogens (tertiary/aromatic N) is 1. The minimum Gasteiger partial charge on any atom is -0.491 e. The fraction of sp³-hybridized carbons (Fsp3) is 0.333. The normalized spacial score (nSPS) is 15.7. The Morgan fingerprint density at radius 1 is 1.04 bits per heavy atom. The molecule has 1 aliphatic heterocycles. The average molecular weight is 319 g/mol. The van der Waals surface area contributed by atoms with E-state index in [-0.39, 0.29) is 12.2 Å². The van der Waals surface area contributed by atoms with E-state index in [1.807, 2.05) is 24.3 Å². The van der Waals surface area contributed by atoms with Gasteiger partial charge in [0.15, 0.2) is 0 Å². The molecule has 1 N–H and O–H groups in total. The fourth-order valence-corrected chi connectivity index (χ4v) is 2.76. The molecule has 0 bridgehead atoms. The van der Waals surface area contributed by atoms with Gasteiger partial charge in [-0.3, -0.25) is 0 Å². The first-order valence-corrected chi connectivity index (χ1v) is 7.74. The number of anilines is 1. The molecular formula is C18H19F2NO2. The third-order valence-electron chi connectivity index (χ3n) is 4.03. The van der Waals surface area contributed by atoms with Crippen LogP contribution in [0.15, 0.2) is 42.5 Å². The van der Waals surface area contributed by atoms with E-state index in [0.29, 0.717) is 5.75 Å². The zero-order valence-electron chi connectivity index (χ0n) is 12.7. The molecule has 23 heavy (non-hydrogen) atoms. The molecule has 2 aromatic carbocycles. The summed E-state index contributed by atoms with van der Waals surface area (Å²) < 4.78 is 32.2. The van der Waals surface area contributed by atoms with Crippen LogP contribution in [0, 0.1) is 11.6 Å². The fourth-order valence-electron chi connectivity index (χ4n) is 2.76. The van der Waals surface area contributed by atoms with Crippen molar-refractivity contribution in [2.75, 3.05) is 24.6 Å². The second kappa shape index (κ2) is 6.96. The van der Waals surface area contributed by atoms with Crippen LogP contribution < -0.4 is 9.64 Å². The summed E-state index contributed by atoms with van der Waals surface area (Å²) in [4.78, 5) is 2.31. The maximum atomic E-state index is 13.6. The standard InChI is InChI=1S/C18H19F2NO2/c19-13-3-8-17(20)16(11-13)18(22)12-23-15-6-4-14(5-7-15)21-9-1-2-10-21/h3-8,11,18,22H,1-2,9-10,12H2. The molecule has 2 aromatic rings. The highest BCUT2D eigenvalue weighted by atomic mass is 19.1. The molecule has 1 aliphatic rings. The lowest BCUT2D eigenvalue weighted by atomic mass is 10.1. The first-order chi connectivity index (χ1) is 11.1. The molecule has 1 saturated heterocycles. The molecule has 0 spiro atoms. The Balaban J connectivity index is 1.60. The zero-order valence-corrected chi connectivity index (χ0v) is 12.7. The number of aliphatic hydroxyl groups excluding tert-OH is 1. The minimum atomic E-state index is -1.22. The van der Waals surface area contributed by atoms with Gasteiger partial charge in [-0.2, -0.15) is 0 Å². The molecule has 1 unspecified atom stereocenters. The maximum Gasteiger partial charge on any atom is 0.129 e. The van der Waals surface area contributed by atoms with E-state index >= 15 is 0 Å². The topological polar surface area (TPSA) is 32.7 Å². The van der Waals surface area contributed by atoms with Crippen molar-refractivity contribution in [3.8, 4) is 5.75 Å². The van der Waals surface area contributed by atoms with Crippen molar-refractivity contribution in [1.29, 1.82) is 0 Å². The van der Waals surface area contributed by atoms with Crippen LogP contribution in [0.2, 0.25) is 0 Å². The van der Waals surface area contributed by atoms with Crippen molar-refractivity contribution >= 4 is 5.69 Å². The summed E-state index contributed by atoms with van der Waals surface area (Å²) in [6.07, 6.45) is 1.21. The number of aliphatic hydroxyl groups is 1. The molecule has 0 aromatic heterocycles. The smallest absolute Gasteiger partial charge is 0.129 e. The molecule has 1 heterocycles. The molecule has 0 radical (unpaired) electrons. The van der Waals surface area contributed by atoms with E-state index in [0.717, 1.165) is 37.0 Å². The lowest BCUT2D eigenvalue weighted by molar-refractivity contribution is 0.104. The van der Waals surface area contributed by atoms with E-state index in [1.54, 1.807) is 0 Å². The lowest BCUT2D eigenvalue weighted by Crippen LogP contribution is -2.17. The van der Waals surface area contributed by atoms with Gasteiger partial charge < -0.3 is 14.7 Å². The van der Waals surface area contributed by atoms with Gasteiger partial charge in [-0.15, -0.1) is 0 Å². The second-order valence-corrected chi connectivity index (χ2v) is 5.68. The average Bonchev–Trinajstić information content (AvgIpc) is 3.10. The van der Waals surface area contributed by atoms with E-state index in [2.05, 4.69) is 4.90 Å². The molecule has 0 aliphatic carbocycles. The third kappa shape index (κ3) is 3.79. The summed E-state index contributed by atoms with van der Waals surface area (Å²) in [5.74, 6) is -0.647. The highest BCUT2D eigenvalue weighted by molar-refractivity contribution is 5.49. The zero-order chi connectivity index (χ0) is 16.2. The molecule has 3 nitrogen and oxygen atoms in total. The largest absolute Gasteiger partial charge is 0.491 e. The van der Waals surface area contributed by atoms with Gasteiger partial charge in [-0.05, 0) is 55.3 Å². The van der Waals surface area contributed by atoms with Gasteiger partial charge >= 0.3 is 0 Å². The van der Waals surface area contributed by atoms with Crippen molar-refractivity contribution in [3.05, 3.63) is 59.7 Å². The van der Waals surface area contributed by atoms with Gasteiger partial charge in [-0.1, -0.05) is 0 Å². The van der Waals surface area contributed by atoms with Gasteiger partial charge in [0.2, 0.25) is 0 Å². The molecule has 3 rings (SSSR count). The Labute approximate surface area is 134 Å². The summed E-state index contributed by atoms with van der Waals surface area (Å²) in [6.45, 7) is 2.00. The van der Waals surface area contributed by atoms with Crippen LogP contribution in [0.1, 0.15) is 24.5 Å². The third-order valence-corrected chi connectivity index (χ3v) is 4.03. The van der Waals surface area contributed by atoms with E-state index < -0.39 is 17.7 Å². The van der Waals surface area contributed by atoms with Crippen molar-refractivity contribution in [3.63, 3.8) is 0 Å². The van der Waals surface area contributed by atoms with Gasteiger partial charge in [0, 0.05) is 24.3 Å². The number of ether oxygens (including phenoxy) is 1. The van der Waals surface area contributed by atoms with E-state index in [1.165, 1.54) is 12.8 Å². The molecule has 1 atom stereocenters. The maximum absolute atomic E-state index is 13.6. The molecule has 1 fully saturated rings. The van der Waals surface area contributed by atoms with E-state index in [4.69, 9.17) is 4.74 Å². The van der Waals surface area contributed by atoms with Gasteiger partial charge in [0.1, 0.15) is 30.1 Å². The van der Waals surface area contributed by atoms with Crippen molar-refractivity contribution in [2.24, 2.45) is 0 Å². The van der Waals surface area contributed by atoms with Crippen LogP contribution in [0.4, 0.5) is 14.5 Å². The van der Waals surface area contributed by atoms with Crippen molar-refractivity contribution in [1.82, 2.24) is 0 Å². The minimum absolute atomic E-state index is 0.0984. The number of benzene rings is 2. The first-order valence-electron chi connectivity index (χ1n) is 7.74. The molecular weight excluding hydrogens is 300 g/mol. The Hall–Kier alpha value is -2.14. The molecule has 0 saturated carbocycles. The van der Waals surface area contributed by atoms with Crippen LogP contribution in [0.5, 0.6) is 5.75 Å². The predicted octanol–water partition coefficient (Wildman–Crippen LogP) is 3.68. The van der Waals surface area contributed by atoms with Crippen molar-refractivity contribution < 1.29 is 18.6 Å².